The first-order valence-corrected chi connectivity index (χ1v) is 8.75. The Kier molecular flexibility index (Phi) is 5.58. The monoisotopic (exact) mass is 378 g/mol. The molecule has 11 heteroatoms. The molecular weight excluding hydrogens is 362 g/mol. The number of hydrogen-bond donors (Lipinski definition) is 2. The molecular formula is C14H16F2N2O6S. The summed E-state index contributed by atoms with van der Waals surface area (Å²) in [6, 6.07) is 1.39. The summed E-state index contributed by atoms with van der Waals surface area (Å²) >= 11 is 0. The normalized spacial score (nSPS) is 18.1. The number of carboxylic acid groups (broad SMARTS) is 1. The highest BCUT2D eigenvalue weighted by atomic mass is 32.2. The van der Waals surface area contributed by atoms with Crippen LogP contribution in [0.25, 0.3) is 0 Å². The summed E-state index contributed by atoms with van der Waals surface area (Å²) in [5.41, 5.74) is -1.20. The molecule has 0 aliphatic carbocycles. The van der Waals surface area contributed by atoms with Gasteiger partial charge in [0.25, 0.3) is 5.91 Å². The molecule has 1 aromatic rings. The van der Waals surface area contributed by atoms with Crippen molar-refractivity contribution in [2.45, 2.75) is 19.5 Å². The second-order valence-corrected chi connectivity index (χ2v) is 6.92. The Hall–Kier alpha value is -2.27. The van der Waals surface area contributed by atoms with Gasteiger partial charge in [0.1, 0.15) is 17.7 Å². The molecule has 1 aliphatic rings. The molecule has 0 bridgehead atoms. The maximum Gasteiger partial charge on any atom is 0.338 e. The van der Waals surface area contributed by atoms with Gasteiger partial charge in [-0.2, -0.15) is 12.7 Å². The molecule has 0 aromatic heterocycles. The second-order valence-electron chi connectivity index (χ2n) is 5.25. The third-order valence-electron chi connectivity index (χ3n) is 3.50. The van der Waals surface area contributed by atoms with Crippen LogP contribution < -0.4 is 9.46 Å². The van der Waals surface area contributed by atoms with E-state index in [9.17, 15) is 26.8 Å². The molecule has 1 amide bonds. The van der Waals surface area contributed by atoms with Gasteiger partial charge in [-0.05, 0) is 25.5 Å². The number of hydrogen-bond acceptors (Lipinski definition) is 5. The van der Waals surface area contributed by atoms with E-state index in [-0.39, 0.29) is 31.9 Å². The van der Waals surface area contributed by atoms with E-state index in [1.807, 2.05) is 0 Å². The zero-order valence-corrected chi connectivity index (χ0v) is 14.0. The van der Waals surface area contributed by atoms with Crippen molar-refractivity contribution in [3.8, 4) is 5.75 Å². The lowest BCUT2D eigenvalue weighted by Crippen LogP contribution is -2.42. The van der Waals surface area contributed by atoms with Gasteiger partial charge >= 0.3 is 16.2 Å². The van der Waals surface area contributed by atoms with Gasteiger partial charge in [0.2, 0.25) is 0 Å². The molecule has 138 valence electrons. The Bertz CT molecular complexity index is 799. The topological polar surface area (TPSA) is 113 Å². The molecule has 1 saturated heterocycles. The van der Waals surface area contributed by atoms with Crippen LogP contribution in [-0.4, -0.2) is 55.6 Å². The van der Waals surface area contributed by atoms with Gasteiger partial charge in [-0.3, -0.25) is 4.79 Å². The third kappa shape index (κ3) is 4.23. The van der Waals surface area contributed by atoms with E-state index in [0.717, 1.165) is 10.4 Å². The number of aromatic carboxylic acids is 1. The van der Waals surface area contributed by atoms with Crippen molar-refractivity contribution in [1.82, 2.24) is 9.03 Å². The summed E-state index contributed by atoms with van der Waals surface area (Å²) in [6.07, 6.45) is -1.31. The van der Waals surface area contributed by atoms with Crippen molar-refractivity contribution in [1.29, 1.82) is 0 Å². The standard InChI is InChI=1S/C14H16F2N2O6S/c1-2-24-12-6-9(14(20)21)11(16)5-10(12)13(19)17-25(22,23)18-4-3-8(15)7-18/h5-6,8H,2-4,7H2,1H3,(H,17,19)(H,20,21)/t8-/m1/s1. The lowest BCUT2D eigenvalue weighted by Gasteiger charge is -2.17. The summed E-state index contributed by atoms with van der Waals surface area (Å²) < 4.78 is 58.8. The highest BCUT2D eigenvalue weighted by Gasteiger charge is 2.33. The summed E-state index contributed by atoms with van der Waals surface area (Å²) in [6.45, 7) is 1.11. The SMILES string of the molecule is CCOc1cc(C(=O)O)c(F)cc1C(=O)NS(=O)(=O)N1CC[C@@H](F)C1. The molecule has 2 N–H and O–H groups in total. The molecule has 8 nitrogen and oxygen atoms in total. The average Bonchev–Trinajstić information content (AvgIpc) is 2.95. The zero-order valence-electron chi connectivity index (χ0n) is 13.2. The number of carbonyl (C=O) groups excluding carboxylic acids is 1. The number of nitrogens with one attached hydrogen (secondary N) is 1. The number of halogens is 2. The van der Waals surface area contributed by atoms with Crippen molar-refractivity contribution in [3.63, 3.8) is 0 Å². The number of carbonyl (C=O) groups is 2. The maximum atomic E-state index is 13.8. The predicted molar refractivity (Wildman–Crippen MR) is 82.0 cm³/mol. The van der Waals surface area contributed by atoms with Gasteiger partial charge in [0, 0.05) is 13.1 Å². The van der Waals surface area contributed by atoms with E-state index in [1.54, 1.807) is 11.6 Å². The zero-order chi connectivity index (χ0) is 18.8. The Labute approximate surface area is 142 Å². The number of alkyl halides is 1. The number of amides is 1. The van der Waals surface area contributed by atoms with Crippen LogP contribution in [0.5, 0.6) is 5.75 Å². The van der Waals surface area contributed by atoms with Gasteiger partial charge in [-0.1, -0.05) is 0 Å². The minimum Gasteiger partial charge on any atom is -0.493 e. The van der Waals surface area contributed by atoms with Crippen LogP contribution in [0.2, 0.25) is 0 Å². The van der Waals surface area contributed by atoms with Gasteiger partial charge in [0.15, 0.2) is 0 Å². The largest absolute Gasteiger partial charge is 0.493 e. The lowest BCUT2D eigenvalue weighted by molar-refractivity contribution is 0.0690. The van der Waals surface area contributed by atoms with Crippen LogP contribution in [0, 0.1) is 5.82 Å². The molecule has 0 spiro atoms. The number of rotatable bonds is 6. The summed E-state index contributed by atoms with van der Waals surface area (Å²) in [5, 5.41) is 8.91. The van der Waals surface area contributed by atoms with Gasteiger partial charge in [-0.25, -0.2) is 18.3 Å². The molecule has 1 aromatic carbocycles. The fraction of sp³-hybridized carbons (Fsp3) is 0.429. The number of nitrogens with zero attached hydrogens (tertiary/aromatic N) is 1. The first-order chi connectivity index (χ1) is 11.7. The maximum absolute atomic E-state index is 13.8. The molecule has 0 radical (unpaired) electrons. The van der Waals surface area contributed by atoms with E-state index in [4.69, 9.17) is 9.84 Å². The average molecular weight is 378 g/mol. The minimum absolute atomic E-state index is 0.0151. The van der Waals surface area contributed by atoms with Crippen LogP contribution in [0.1, 0.15) is 34.1 Å². The van der Waals surface area contributed by atoms with Gasteiger partial charge < -0.3 is 9.84 Å². The number of ether oxygens (including phenoxy) is 1. The smallest absolute Gasteiger partial charge is 0.338 e. The van der Waals surface area contributed by atoms with Crippen LogP contribution in [0.4, 0.5) is 8.78 Å². The van der Waals surface area contributed by atoms with E-state index in [0.29, 0.717) is 6.07 Å². The number of benzene rings is 1. The van der Waals surface area contributed by atoms with E-state index < -0.39 is 45.2 Å². The molecule has 1 heterocycles. The second kappa shape index (κ2) is 7.31. The lowest BCUT2D eigenvalue weighted by atomic mass is 10.1. The van der Waals surface area contributed by atoms with Crippen LogP contribution in [0.3, 0.4) is 0 Å². The van der Waals surface area contributed by atoms with E-state index in [1.165, 1.54) is 0 Å². The first-order valence-electron chi connectivity index (χ1n) is 7.31. The Morgan fingerprint density at radius 3 is 2.60 bits per heavy atom. The van der Waals surface area contributed by atoms with Crippen molar-refractivity contribution >= 4 is 22.1 Å². The molecule has 25 heavy (non-hydrogen) atoms. The van der Waals surface area contributed by atoms with E-state index >= 15 is 0 Å². The minimum atomic E-state index is -4.31. The first kappa shape index (κ1) is 19.1. The summed E-state index contributed by atoms with van der Waals surface area (Å²) in [5.74, 6) is -4.27. The highest BCUT2D eigenvalue weighted by Crippen LogP contribution is 2.24. The van der Waals surface area contributed by atoms with Crippen molar-refractivity contribution in [2.75, 3.05) is 19.7 Å². The van der Waals surface area contributed by atoms with Gasteiger partial charge in [0.05, 0.1) is 17.7 Å². The molecule has 1 atom stereocenters. The predicted octanol–water partition coefficient (Wildman–Crippen LogP) is 0.941. The molecule has 0 unspecified atom stereocenters. The Balaban J connectivity index is 2.32. The molecule has 1 fully saturated rings. The van der Waals surface area contributed by atoms with E-state index in [2.05, 4.69) is 0 Å². The van der Waals surface area contributed by atoms with Crippen molar-refractivity contribution in [3.05, 3.63) is 29.1 Å². The summed E-state index contributed by atoms with van der Waals surface area (Å²) in [7, 11) is -4.31. The van der Waals surface area contributed by atoms with Crippen LogP contribution in [0.15, 0.2) is 12.1 Å². The molecule has 2 rings (SSSR count). The van der Waals surface area contributed by atoms with Gasteiger partial charge in [-0.15, -0.1) is 0 Å². The Morgan fingerprint density at radius 1 is 1.40 bits per heavy atom. The molecule has 1 aliphatic heterocycles. The fourth-order valence-corrected chi connectivity index (χ4v) is 3.49. The molecule has 0 saturated carbocycles. The van der Waals surface area contributed by atoms with Crippen molar-refractivity contribution in [2.24, 2.45) is 0 Å². The summed E-state index contributed by atoms with van der Waals surface area (Å²) in [4.78, 5) is 23.2. The fourth-order valence-electron chi connectivity index (χ4n) is 2.31. The van der Waals surface area contributed by atoms with Crippen LogP contribution >= 0.6 is 0 Å². The highest BCUT2D eigenvalue weighted by molar-refractivity contribution is 7.87. The van der Waals surface area contributed by atoms with Crippen molar-refractivity contribution < 1.29 is 36.6 Å². The number of carboxylic acids is 1. The quantitative estimate of drug-likeness (QED) is 0.762. The Morgan fingerprint density at radius 2 is 2.08 bits per heavy atom. The third-order valence-corrected chi connectivity index (χ3v) is 4.95. The van der Waals surface area contributed by atoms with Crippen LogP contribution in [-0.2, 0) is 10.2 Å².